The fraction of sp³-hybridized carbons (Fsp3) is 0.792. The molecular formula is C48H88NO8P. The number of rotatable bonds is 42. The fourth-order valence-electron chi connectivity index (χ4n) is 6.14. The number of carbonyl (C=O) groups excluding carboxylic acids is 2. The normalized spacial score (nSPS) is 14.0. The Morgan fingerprint density at radius 3 is 1.45 bits per heavy atom. The molecule has 0 saturated heterocycles. The molecule has 0 aromatic rings. The van der Waals surface area contributed by atoms with E-state index in [0.717, 1.165) is 51.4 Å². The Hall–Kier alpha value is -2.03. The maximum atomic E-state index is 12.7. The van der Waals surface area contributed by atoms with E-state index in [-0.39, 0.29) is 26.1 Å². The van der Waals surface area contributed by atoms with Crippen LogP contribution in [0.4, 0.5) is 0 Å². The van der Waals surface area contributed by atoms with E-state index in [0.29, 0.717) is 23.9 Å². The molecule has 0 aliphatic rings. The molecule has 0 bridgehead atoms. The summed E-state index contributed by atoms with van der Waals surface area (Å²) in [6.07, 6.45) is 47.1. The third-order valence-electron chi connectivity index (χ3n) is 9.82. The van der Waals surface area contributed by atoms with Gasteiger partial charge in [-0.2, -0.15) is 0 Å². The fourth-order valence-corrected chi connectivity index (χ4v) is 6.86. The van der Waals surface area contributed by atoms with Crippen molar-refractivity contribution in [2.45, 2.75) is 200 Å². The molecule has 0 rings (SSSR count). The lowest BCUT2D eigenvalue weighted by atomic mass is 10.1. The number of likely N-dealkylation sites (N-methyl/N-ethyl adjacent to an activating group) is 1. The highest BCUT2D eigenvalue weighted by Gasteiger charge is 2.21. The van der Waals surface area contributed by atoms with Gasteiger partial charge < -0.3 is 27.9 Å². The summed E-state index contributed by atoms with van der Waals surface area (Å²) in [5.41, 5.74) is 0. The van der Waals surface area contributed by atoms with E-state index >= 15 is 0 Å². The third-order valence-corrected chi connectivity index (χ3v) is 10.8. The van der Waals surface area contributed by atoms with Crippen LogP contribution >= 0.6 is 7.82 Å². The van der Waals surface area contributed by atoms with E-state index in [1.807, 2.05) is 21.1 Å². The average Bonchev–Trinajstić information content (AvgIpc) is 3.17. The van der Waals surface area contributed by atoms with Gasteiger partial charge in [-0.25, -0.2) is 0 Å². The van der Waals surface area contributed by atoms with Crippen molar-refractivity contribution in [3.8, 4) is 0 Å². The quantitative estimate of drug-likeness (QED) is 0.0196. The minimum absolute atomic E-state index is 0.0402. The molecule has 10 heteroatoms. The smallest absolute Gasteiger partial charge is 0.306 e. The van der Waals surface area contributed by atoms with Crippen molar-refractivity contribution >= 4 is 19.8 Å². The highest BCUT2D eigenvalue weighted by molar-refractivity contribution is 7.45. The lowest BCUT2D eigenvalue weighted by Gasteiger charge is -2.28. The maximum absolute atomic E-state index is 12.7. The molecule has 0 saturated carbocycles. The predicted molar refractivity (Wildman–Crippen MR) is 240 cm³/mol. The Balaban J connectivity index is 4.41. The number of nitrogens with zero attached hydrogens (tertiary/aromatic N) is 1. The number of unbranched alkanes of at least 4 members (excludes halogenated alkanes) is 20. The van der Waals surface area contributed by atoms with Crippen LogP contribution in [-0.4, -0.2) is 70.0 Å². The molecule has 0 fully saturated rings. The molecule has 0 heterocycles. The Bertz CT molecular complexity index is 1130. The van der Waals surface area contributed by atoms with Crippen LogP contribution in [0.1, 0.15) is 194 Å². The number of hydrogen-bond acceptors (Lipinski definition) is 8. The largest absolute Gasteiger partial charge is 0.756 e. The van der Waals surface area contributed by atoms with Crippen LogP contribution in [0.25, 0.3) is 0 Å². The van der Waals surface area contributed by atoms with Crippen LogP contribution in [0.5, 0.6) is 0 Å². The monoisotopic (exact) mass is 838 g/mol. The minimum atomic E-state index is -4.64. The summed E-state index contributed by atoms with van der Waals surface area (Å²) >= 11 is 0. The molecule has 0 radical (unpaired) electrons. The summed E-state index contributed by atoms with van der Waals surface area (Å²) < 4.78 is 33.9. The van der Waals surface area contributed by atoms with Crippen molar-refractivity contribution in [3.05, 3.63) is 48.6 Å². The highest BCUT2D eigenvalue weighted by Crippen LogP contribution is 2.38. The summed E-state index contributed by atoms with van der Waals surface area (Å²) in [5, 5.41) is 0. The molecule has 338 valence electrons. The lowest BCUT2D eigenvalue weighted by molar-refractivity contribution is -0.870. The SMILES string of the molecule is CCCCCCCC/C=C/C/C=C/C/C=C/CCCC(=O)OC[C@H](COP(=O)([O-])OCC[N+](C)(C)C)OC(=O)CCCCCCCCC/C=C/CCCCCCCC. The van der Waals surface area contributed by atoms with Crippen LogP contribution in [-0.2, 0) is 32.7 Å². The first-order valence-corrected chi connectivity index (χ1v) is 24.8. The third kappa shape index (κ3) is 43.5. The summed E-state index contributed by atoms with van der Waals surface area (Å²) in [6, 6.07) is 0. The zero-order valence-electron chi connectivity index (χ0n) is 38.0. The van der Waals surface area contributed by atoms with Crippen molar-refractivity contribution in [2.75, 3.05) is 47.5 Å². The van der Waals surface area contributed by atoms with Gasteiger partial charge >= 0.3 is 11.9 Å². The number of esters is 2. The molecule has 0 aromatic carbocycles. The molecule has 0 amide bonds. The van der Waals surface area contributed by atoms with Gasteiger partial charge in [-0.1, -0.05) is 159 Å². The van der Waals surface area contributed by atoms with Crippen LogP contribution in [0.15, 0.2) is 48.6 Å². The average molecular weight is 838 g/mol. The minimum Gasteiger partial charge on any atom is -0.756 e. The predicted octanol–water partition coefficient (Wildman–Crippen LogP) is 12.8. The zero-order valence-corrected chi connectivity index (χ0v) is 38.9. The molecule has 0 N–H and O–H groups in total. The number of phosphoric ester groups is 1. The van der Waals surface area contributed by atoms with E-state index < -0.39 is 32.5 Å². The van der Waals surface area contributed by atoms with Crippen molar-refractivity contribution in [1.29, 1.82) is 0 Å². The van der Waals surface area contributed by atoms with Gasteiger partial charge in [0, 0.05) is 12.8 Å². The van der Waals surface area contributed by atoms with Gasteiger partial charge in [0.1, 0.15) is 19.8 Å². The van der Waals surface area contributed by atoms with Crippen LogP contribution in [0.3, 0.4) is 0 Å². The van der Waals surface area contributed by atoms with Gasteiger partial charge in [-0.05, 0) is 70.6 Å². The number of phosphoric acid groups is 1. The molecule has 58 heavy (non-hydrogen) atoms. The summed E-state index contributed by atoms with van der Waals surface area (Å²) in [6.45, 7) is 4.16. The Morgan fingerprint density at radius 1 is 0.534 bits per heavy atom. The standard InChI is InChI=1S/C48H88NO8P/c1-6-8-10-12-14-16-18-20-22-24-26-28-30-32-34-36-38-40-47(50)54-44-46(45-56-58(52,53)55-43-42-49(3,4)5)57-48(51)41-39-37-35-33-31-29-27-25-23-21-19-17-15-13-11-9-7-2/h20-23,26,28,32,34,46H,6-19,24-25,27,29-31,33,35-45H2,1-5H3/b22-20+,23-21+,28-26+,34-32+/t46-/m1/s1. The second-order valence-electron chi connectivity index (χ2n) is 16.8. The Labute approximate surface area is 356 Å². The number of ether oxygens (including phenoxy) is 2. The van der Waals surface area contributed by atoms with Gasteiger partial charge in [0.2, 0.25) is 0 Å². The second-order valence-corrected chi connectivity index (χ2v) is 18.2. The van der Waals surface area contributed by atoms with Crippen molar-refractivity contribution < 1.29 is 42.1 Å². The first kappa shape index (κ1) is 56.0. The first-order valence-electron chi connectivity index (χ1n) is 23.3. The molecule has 0 spiro atoms. The van der Waals surface area contributed by atoms with E-state index in [4.69, 9.17) is 18.5 Å². The highest BCUT2D eigenvalue weighted by atomic mass is 31.2. The second kappa shape index (κ2) is 40.4. The van der Waals surface area contributed by atoms with Crippen LogP contribution in [0.2, 0.25) is 0 Å². The molecule has 0 aliphatic carbocycles. The number of carbonyl (C=O) groups is 2. The molecule has 0 aromatic heterocycles. The number of hydrogen-bond donors (Lipinski definition) is 0. The van der Waals surface area contributed by atoms with Gasteiger partial charge in [-0.3, -0.25) is 14.2 Å². The molecule has 1 unspecified atom stereocenters. The van der Waals surface area contributed by atoms with Crippen LogP contribution < -0.4 is 4.89 Å². The summed E-state index contributed by atoms with van der Waals surface area (Å²) in [7, 11) is 1.13. The van der Waals surface area contributed by atoms with Crippen molar-refractivity contribution in [3.63, 3.8) is 0 Å². The Morgan fingerprint density at radius 2 is 0.948 bits per heavy atom. The van der Waals surface area contributed by atoms with Gasteiger partial charge in [0.05, 0.1) is 27.7 Å². The summed E-state index contributed by atoms with van der Waals surface area (Å²) in [5.74, 6) is -0.900. The van der Waals surface area contributed by atoms with E-state index in [1.54, 1.807) is 0 Å². The number of quaternary nitrogens is 1. The van der Waals surface area contributed by atoms with E-state index in [9.17, 15) is 19.0 Å². The first-order chi connectivity index (χ1) is 28.0. The van der Waals surface area contributed by atoms with Gasteiger partial charge in [0.15, 0.2) is 6.10 Å². The molecule has 9 nitrogen and oxygen atoms in total. The van der Waals surface area contributed by atoms with E-state index in [2.05, 4.69) is 62.5 Å². The summed E-state index contributed by atoms with van der Waals surface area (Å²) in [4.78, 5) is 37.6. The molecule has 0 aliphatic heterocycles. The van der Waals surface area contributed by atoms with Crippen LogP contribution in [0, 0.1) is 0 Å². The lowest BCUT2D eigenvalue weighted by Crippen LogP contribution is -2.37. The number of allylic oxidation sites excluding steroid dienone is 8. The molecule has 2 atom stereocenters. The maximum Gasteiger partial charge on any atom is 0.306 e. The van der Waals surface area contributed by atoms with E-state index in [1.165, 1.54) is 103 Å². The van der Waals surface area contributed by atoms with Gasteiger partial charge in [-0.15, -0.1) is 0 Å². The topological polar surface area (TPSA) is 111 Å². The Kier molecular flexibility index (Phi) is 39.0. The van der Waals surface area contributed by atoms with Crippen molar-refractivity contribution in [2.24, 2.45) is 0 Å². The zero-order chi connectivity index (χ0) is 42.8. The van der Waals surface area contributed by atoms with Gasteiger partial charge in [0.25, 0.3) is 7.82 Å². The van der Waals surface area contributed by atoms with Crippen molar-refractivity contribution in [1.82, 2.24) is 0 Å². The molecular weight excluding hydrogens is 750 g/mol.